The van der Waals surface area contributed by atoms with E-state index in [9.17, 15) is 35.7 Å². The van der Waals surface area contributed by atoms with Crippen LogP contribution in [0.3, 0.4) is 0 Å². The van der Waals surface area contributed by atoms with Crippen molar-refractivity contribution in [2.75, 3.05) is 13.7 Å². The second-order valence-corrected chi connectivity index (χ2v) is 7.23. The Morgan fingerprint density at radius 2 is 1.66 bits per heavy atom. The van der Waals surface area contributed by atoms with Crippen LogP contribution in [0, 0.1) is 0 Å². The number of rotatable bonds is 4. The third kappa shape index (κ3) is 3.78. The van der Waals surface area contributed by atoms with Crippen LogP contribution in [0.4, 0.5) is 0 Å². The van der Waals surface area contributed by atoms with E-state index < -0.39 is 36.1 Å². The second-order valence-electron chi connectivity index (χ2n) is 7.23. The van der Waals surface area contributed by atoms with Gasteiger partial charge in [-0.3, -0.25) is 0 Å². The summed E-state index contributed by atoms with van der Waals surface area (Å²) in [7, 11) is 1.28. The highest BCUT2D eigenvalue weighted by molar-refractivity contribution is 5.88. The van der Waals surface area contributed by atoms with Gasteiger partial charge >= 0.3 is 11.3 Å². The summed E-state index contributed by atoms with van der Waals surface area (Å²) < 4.78 is 21.9. The van der Waals surface area contributed by atoms with Crippen molar-refractivity contribution in [2.24, 2.45) is 0 Å². The maximum atomic E-state index is 10.2. The van der Waals surface area contributed by atoms with Gasteiger partial charge < -0.3 is 50.0 Å². The number of methoxy groups -OCH3 is 1. The molecule has 11 nitrogen and oxygen atoms in total. The molecule has 11 heteroatoms. The van der Waals surface area contributed by atoms with Crippen LogP contribution in [0.2, 0.25) is 0 Å². The Morgan fingerprint density at radius 1 is 0.906 bits per heavy atom. The summed E-state index contributed by atoms with van der Waals surface area (Å²) in [6.45, 7) is -0.310. The summed E-state index contributed by atoms with van der Waals surface area (Å²) in [6.07, 6.45) is -5.86. The monoisotopic (exact) mass is 449 g/mol. The number of hydrogen-bond donors (Lipinski definition) is 7. The zero-order valence-electron chi connectivity index (χ0n) is 16.7. The molecule has 0 radical (unpaired) electrons. The van der Waals surface area contributed by atoms with Gasteiger partial charge in [0.1, 0.15) is 35.2 Å². The van der Waals surface area contributed by atoms with Crippen LogP contribution in [0.15, 0.2) is 34.7 Å². The highest BCUT2D eigenvalue weighted by Gasteiger charge is 2.40. The lowest BCUT2D eigenvalue weighted by Gasteiger charge is -2.34. The Kier molecular flexibility index (Phi) is 5.57. The van der Waals surface area contributed by atoms with Crippen molar-refractivity contribution in [3.63, 3.8) is 0 Å². The average Bonchev–Trinajstić information content (AvgIpc) is 2.75. The van der Waals surface area contributed by atoms with Gasteiger partial charge in [0.15, 0.2) is 11.5 Å². The quantitative estimate of drug-likeness (QED) is 0.223. The van der Waals surface area contributed by atoms with Gasteiger partial charge in [0.05, 0.1) is 25.3 Å². The van der Waals surface area contributed by atoms with E-state index in [1.165, 1.54) is 25.3 Å². The average molecular weight is 449 g/mol. The molecule has 2 aromatic carbocycles. The third-order valence-corrected chi connectivity index (χ3v) is 5.05. The molecule has 4 rings (SSSR count). The van der Waals surface area contributed by atoms with E-state index in [1.54, 1.807) is 0 Å². The molecule has 3 aromatic rings. The molecule has 1 fully saturated rings. The number of aliphatic hydroxyl groups excluding tert-OH is 3. The van der Waals surface area contributed by atoms with Crippen molar-refractivity contribution in [3.05, 3.63) is 30.3 Å². The van der Waals surface area contributed by atoms with Crippen LogP contribution in [0.5, 0.6) is 34.5 Å². The smallest absolute Gasteiger partial charge is 0.402 e. The van der Waals surface area contributed by atoms with Crippen molar-refractivity contribution < 1.29 is 54.4 Å². The van der Waals surface area contributed by atoms with E-state index in [2.05, 4.69) is 0 Å². The van der Waals surface area contributed by atoms with E-state index in [-0.39, 0.29) is 51.9 Å². The highest BCUT2D eigenvalue weighted by atomic mass is 16.7. The molecule has 7 N–H and O–H groups in total. The van der Waals surface area contributed by atoms with Crippen molar-refractivity contribution in [3.8, 4) is 45.8 Å². The van der Waals surface area contributed by atoms with E-state index in [0.29, 0.717) is 0 Å². The molecule has 1 aliphatic rings. The maximum absolute atomic E-state index is 10.2. The fourth-order valence-corrected chi connectivity index (χ4v) is 3.36. The van der Waals surface area contributed by atoms with Crippen LogP contribution >= 0.6 is 0 Å². The van der Waals surface area contributed by atoms with Crippen LogP contribution in [0.1, 0.15) is 0 Å². The van der Waals surface area contributed by atoms with Gasteiger partial charge in [-0.25, -0.2) is 4.42 Å². The molecule has 4 atom stereocenters. The summed E-state index contributed by atoms with van der Waals surface area (Å²) >= 11 is 0. The highest BCUT2D eigenvalue weighted by Crippen LogP contribution is 2.45. The Bertz CT molecular complexity index is 1160. The van der Waals surface area contributed by atoms with Crippen LogP contribution in [0.25, 0.3) is 22.3 Å². The number of aromatic hydroxyl groups is 4. The Balaban J connectivity index is 1.88. The molecular formula is C21H21O11+. The molecule has 2 heterocycles. The summed E-state index contributed by atoms with van der Waals surface area (Å²) in [5.41, 5.74) is 0.222. The Hall–Kier alpha value is -3.51. The Morgan fingerprint density at radius 3 is 2.38 bits per heavy atom. The molecule has 0 amide bonds. The number of hydrogen-bond acceptors (Lipinski definition) is 10. The lowest BCUT2D eigenvalue weighted by molar-refractivity contribution is -0.242. The normalized spacial score (nSPS) is 23.2. The lowest BCUT2D eigenvalue weighted by atomic mass is 10.1. The van der Waals surface area contributed by atoms with Gasteiger partial charge in [-0.1, -0.05) is 0 Å². The van der Waals surface area contributed by atoms with E-state index >= 15 is 0 Å². The van der Waals surface area contributed by atoms with Gasteiger partial charge in [-0.15, -0.1) is 0 Å². The zero-order chi connectivity index (χ0) is 23.2. The second kappa shape index (κ2) is 8.20. The molecular weight excluding hydrogens is 428 g/mol. The standard InChI is InChI=1S/C21H20O11/c1-29-15-3-8(2-12(24)17(15)26)20-16(32-21-19(28)18(27)13(25)7-30-21)6-10-11(23)4-9(22)5-14(10)31-20/h2-6,13,18-19,21,25,27-28H,7H2,1H3,(H3-,22,23,24,26)/p+1/t13-,18+,19+,21-/m0/s1. The van der Waals surface area contributed by atoms with Crippen molar-refractivity contribution in [2.45, 2.75) is 24.6 Å². The summed E-state index contributed by atoms with van der Waals surface area (Å²) in [5, 5.41) is 70.0. The number of phenols is 4. The zero-order valence-corrected chi connectivity index (χ0v) is 16.7. The van der Waals surface area contributed by atoms with Gasteiger partial charge in [-0.05, 0) is 0 Å². The number of benzene rings is 2. The first kappa shape index (κ1) is 21.7. The fourth-order valence-electron chi connectivity index (χ4n) is 3.36. The van der Waals surface area contributed by atoms with Gasteiger partial charge in [-0.2, -0.15) is 0 Å². The molecule has 1 saturated heterocycles. The molecule has 0 unspecified atom stereocenters. The summed E-state index contributed by atoms with van der Waals surface area (Å²) in [4.78, 5) is 0. The van der Waals surface area contributed by atoms with Crippen molar-refractivity contribution >= 4 is 11.0 Å². The van der Waals surface area contributed by atoms with Crippen LogP contribution < -0.4 is 9.47 Å². The van der Waals surface area contributed by atoms with Crippen LogP contribution in [-0.2, 0) is 4.74 Å². The molecule has 1 aliphatic heterocycles. The van der Waals surface area contributed by atoms with E-state index in [1.807, 2.05) is 0 Å². The minimum absolute atomic E-state index is 0.0486. The molecule has 32 heavy (non-hydrogen) atoms. The topological polar surface area (TPSA) is 181 Å². The van der Waals surface area contributed by atoms with Gasteiger partial charge in [0.25, 0.3) is 0 Å². The predicted molar refractivity (Wildman–Crippen MR) is 108 cm³/mol. The summed E-state index contributed by atoms with van der Waals surface area (Å²) in [6, 6.07) is 6.17. The molecule has 0 spiro atoms. The molecule has 0 bridgehead atoms. The molecule has 0 aliphatic carbocycles. The lowest BCUT2D eigenvalue weighted by Crippen LogP contribution is -2.54. The minimum atomic E-state index is -1.61. The van der Waals surface area contributed by atoms with Crippen molar-refractivity contribution in [1.82, 2.24) is 0 Å². The van der Waals surface area contributed by atoms with Crippen LogP contribution in [-0.4, -0.2) is 74.1 Å². The number of fused-ring (bicyclic) bond motifs is 1. The largest absolute Gasteiger partial charge is 0.507 e. The maximum Gasteiger partial charge on any atom is 0.402 e. The Labute approximate surface area is 180 Å². The van der Waals surface area contributed by atoms with Gasteiger partial charge in [0, 0.05) is 24.3 Å². The summed E-state index contributed by atoms with van der Waals surface area (Å²) in [5.74, 6) is -1.83. The first-order chi connectivity index (χ1) is 15.2. The molecule has 170 valence electrons. The SMILES string of the molecule is COc1cc(-c2[o+]c3cc(O)cc(O)c3cc2O[C@@H]2OC[C@H](O)[C@@H](O)[C@H]2O)cc(O)c1O. The fraction of sp³-hybridized carbons (Fsp3) is 0.286. The van der Waals surface area contributed by atoms with E-state index in [0.717, 1.165) is 12.1 Å². The molecule has 1 aromatic heterocycles. The van der Waals surface area contributed by atoms with Crippen molar-refractivity contribution in [1.29, 1.82) is 0 Å². The third-order valence-electron chi connectivity index (χ3n) is 5.05. The number of aliphatic hydroxyl groups is 3. The predicted octanol–water partition coefficient (Wildman–Crippen LogP) is 1.03. The van der Waals surface area contributed by atoms with Gasteiger partial charge in [0.2, 0.25) is 17.8 Å². The van der Waals surface area contributed by atoms with E-state index in [4.69, 9.17) is 18.6 Å². The number of ether oxygens (including phenoxy) is 3. The minimum Gasteiger partial charge on any atom is -0.507 e. The molecule has 0 saturated carbocycles. The first-order valence-electron chi connectivity index (χ1n) is 9.45. The first-order valence-corrected chi connectivity index (χ1v) is 9.45. The number of phenolic OH excluding ortho intramolecular Hbond substituents is 4.